The zero-order chi connectivity index (χ0) is 15.0. The Hall–Kier alpha value is -0.280. The number of hydrogen-bond donors (Lipinski definition) is 0. The summed E-state index contributed by atoms with van der Waals surface area (Å²) in [6.07, 6.45) is 15.9. The molecule has 116 valence electrons. The van der Waals surface area contributed by atoms with E-state index in [9.17, 15) is 0 Å². The van der Waals surface area contributed by atoms with Gasteiger partial charge in [-0.15, -0.1) is 0 Å². The number of rotatable bonds is 1. The van der Waals surface area contributed by atoms with E-state index in [-0.39, 0.29) is 11.5 Å². The molecule has 0 aromatic carbocycles. The molecule has 21 heavy (non-hydrogen) atoms. The molecule has 0 aliphatic heterocycles. The lowest BCUT2D eigenvalue weighted by Crippen LogP contribution is -2.45. The molecular weight excluding hydrogens is 296 g/mol. The van der Waals surface area contributed by atoms with Crippen molar-refractivity contribution in [2.45, 2.75) is 52.1 Å². The summed E-state index contributed by atoms with van der Waals surface area (Å²) in [7, 11) is 0. The van der Waals surface area contributed by atoms with Gasteiger partial charge >= 0.3 is 0 Å². The third kappa shape index (κ3) is 2.72. The quantitative estimate of drug-likeness (QED) is 0.474. The van der Waals surface area contributed by atoms with Gasteiger partial charge in [0.1, 0.15) is 6.10 Å². The Morgan fingerprint density at radius 1 is 1.43 bits per heavy atom. The minimum absolute atomic E-state index is 0.272. The number of fused-ring (bicyclic) bond motifs is 2. The summed E-state index contributed by atoms with van der Waals surface area (Å²) in [6.45, 7) is 4.76. The highest BCUT2D eigenvalue weighted by atomic mass is 32.2. The van der Waals surface area contributed by atoms with E-state index in [4.69, 9.17) is 17.0 Å². The van der Waals surface area contributed by atoms with Crippen molar-refractivity contribution in [2.24, 2.45) is 23.2 Å². The van der Waals surface area contributed by atoms with Crippen LogP contribution in [0.15, 0.2) is 23.8 Å². The lowest BCUT2D eigenvalue weighted by Gasteiger charge is -2.45. The van der Waals surface area contributed by atoms with E-state index in [1.54, 1.807) is 11.8 Å². The lowest BCUT2D eigenvalue weighted by molar-refractivity contribution is -0.0242. The fourth-order valence-electron chi connectivity index (χ4n) is 4.82. The van der Waals surface area contributed by atoms with Crippen LogP contribution in [0, 0.1) is 23.2 Å². The Morgan fingerprint density at radius 2 is 2.24 bits per heavy atom. The van der Waals surface area contributed by atoms with Crippen LogP contribution >= 0.6 is 24.0 Å². The normalized spacial score (nSPS) is 41.8. The van der Waals surface area contributed by atoms with Crippen LogP contribution in [0.4, 0.5) is 0 Å². The topological polar surface area (TPSA) is 9.23 Å². The summed E-state index contributed by atoms with van der Waals surface area (Å²) in [4.78, 5) is 0. The first-order valence-electron chi connectivity index (χ1n) is 8.14. The average molecular weight is 323 g/mol. The molecule has 3 rings (SSSR count). The van der Waals surface area contributed by atoms with Gasteiger partial charge in [0.2, 0.25) is 4.38 Å². The van der Waals surface area contributed by atoms with Crippen molar-refractivity contribution in [3.8, 4) is 0 Å². The van der Waals surface area contributed by atoms with Crippen molar-refractivity contribution < 1.29 is 4.74 Å². The minimum atomic E-state index is 0.272. The Labute approximate surface area is 138 Å². The van der Waals surface area contributed by atoms with Gasteiger partial charge in [-0.05, 0) is 57.0 Å². The maximum absolute atomic E-state index is 6.38. The van der Waals surface area contributed by atoms with Crippen molar-refractivity contribution in [1.82, 2.24) is 0 Å². The molecular formula is C18H26OS2. The molecule has 3 aliphatic carbocycles. The first-order valence-corrected chi connectivity index (χ1v) is 9.77. The molecule has 0 aromatic heterocycles. The second-order valence-electron chi connectivity index (χ2n) is 7.12. The van der Waals surface area contributed by atoms with E-state index >= 15 is 0 Å². The number of thiocarbonyl (C=S) groups is 1. The summed E-state index contributed by atoms with van der Waals surface area (Å²) >= 11 is 6.99. The van der Waals surface area contributed by atoms with Crippen molar-refractivity contribution in [2.75, 3.05) is 6.26 Å². The van der Waals surface area contributed by atoms with Crippen LogP contribution < -0.4 is 0 Å². The second kappa shape index (κ2) is 6.08. The summed E-state index contributed by atoms with van der Waals surface area (Å²) in [5.74, 6) is 1.87. The lowest BCUT2D eigenvalue weighted by atomic mass is 9.65. The van der Waals surface area contributed by atoms with E-state index in [2.05, 4.69) is 32.1 Å². The Morgan fingerprint density at radius 3 is 3.00 bits per heavy atom. The zero-order valence-corrected chi connectivity index (χ0v) is 14.9. The van der Waals surface area contributed by atoms with Gasteiger partial charge in [0.25, 0.3) is 0 Å². The SMILES string of the molecule is CSC(=S)O[C@@H]1[C@@H]2CC=C[C@@H]2C(C)=CC[C@@H]2CCC[C@@]21C. The van der Waals surface area contributed by atoms with Crippen LogP contribution in [0.3, 0.4) is 0 Å². The molecule has 0 radical (unpaired) electrons. The largest absolute Gasteiger partial charge is 0.474 e. The molecule has 0 aromatic rings. The zero-order valence-electron chi connectivity index (χ0n) is 13.3. The smallest absolute Gasteiger partial charge is 0.219 e. The van der Waals surface area contributed by atoms with Gasteiger partial charge in [-0.3, -0.25) is 0 Å². The number of hydrogen-bond acceptors (Lipinski definition) is 3. The first-order chi connectivity index (χ1) is 10.1. The van der Waals surface area contributed by atoms with Crippen molar-refractivity contribution in [3.63, 3.8) is 0 Å². The van der Waals surface area contributed by atoms with E-state index < -0.39 is 0 Å². The molecule has 1 fully saturated rings. The van der Waals surface area contributed by atoms with Gasteiger partial charge in [-0.1, -0.05) is 48.9 Å². The molecule has 0 heterocycles. The predicted octanol–water partition coefficient (Wildman–Crippen LogP) is 5.37. The highest BCUT2D eigenvalue weighted by molar-refractivity contribution is 8.22. The number of allylic oxidation sites excluding steroid dienone is 4. The van der Waals surface area contributed by atoms with Crippen LogP contribution in [0.2, 0.25) is 0 Å². The third-order valence-corrected chi connectivity index (χ3v) is 7.12. The molecule has 0 N–H and O–H groups in total. The van der Waals surface area contributed by atoms with E-state index in [1.807, 2.05) is 6.26 Å². The van der Waals surface area contributed by atoms with Crippen molar-refractivity contribution in [1.29, 1.82) is 0 Å². The molecule has 0 unspecified atom stereocenters. The van der Waals surface area contributed by atoms with Gasteiger partial charge in [-0.2, -0.15) is 0 Å². The minimum Gasteiger partial charge on any atom is -0.474 e. The second-order valence-corrected chi connectivity index (χ2v) is 8.53. The van der Waals surface area contributed by atoms with Gasteiger partial charge in [0, 0.05) is 17.3 Å². The molecule has 0 amide bonds. The molecule has 0 spiro atoms. The van der Waals surface area contributed by atoms with E-state index in [0.29, 0.717) is 11.8 Å². The standard InChI is InChI=1S/C18H26OS2/c1-12-9-10-13-6-5-11-18(13,2)16(19-17(20)21-3)15-8-4-7-14(12)15/h4,7,9,13-16H,5-6,8,10-11H2,1-3H3/t13-,14+,15+,16+,18-/m0/s1. The third-order valence-electron chi connectivity index (χ3n) is 6.09. The predicted molar refractivity (Wildman–Crippen MR) is 95.5 cm³/mol. The van der Waals surface area contributed by atoms with Gasteiger partial charge in [0.05, 0.1) is 0 Å². The van der Waals surface area contributed by atoms with Gasteiger partial charge in [-0.25, -0.2) is 0 Å². The molecule has 1 saturated carbocycles. The molecule has 3 aliphatic rings. The van der Waals surface area contributed by atoms with Crippen LogP contribution in [0.25, 0.3) is 0 Å². The van der Waals surface area contributed by atoms with Gasteiger partial charge in [0.15, 0.2) is 0 Å². The van der Waals surface area contributed by atoms with Crippen LogP contribution in [-0.4, -0.2) is 16.7 Å². The molecule has 0 bridgehead atoms. The van der Waals surface area contributed by atoms with Crippen LogP contribution in [0.1, 0.15) is 46.0 Å². The Balaban J connectivity index is 1.98. The van der Waals surface area contributed by atoms with Crippen LogP contribution in [-0.2, 0) is 4.74 Å². The van der Waals surface area contributed by atoms with Gasteiger partial charge < -0.3 is 4.74 Å². The summed E-state index contributed by atoms with van der Waals surface area (Å²) in [5, 5.41) is 0. The van der Waals surface area contributed by atoms with E-state index in [0.717, 1.165) is 16.7 Å². The summed E-state index contributed by atoms with van der Waals surface area (Å²) < 4.78 is 7.10. The van der Waals surface area contributed by atoms with Crippen molar-refractivity contribution in [3.05, 3.63) is 23.8 Å². The Bertz CT molecular complexity index is 482. The summed E-state index contributed by atoms with van der Waals surface area (Å²) in [6, 6.07) is 0. The molecule has 3 heteroatoms. The molecule has 1 nitrogen and oxygen atoms in total. The van der Waals surface area contributed by atoms with Crippen molar-refractivity contribution >= 4 is 28.4 Å². The molecule has 0 saturated heterocycles. The first kappa shape index (κ1) is 15.6. The van der Waals surface area contributed by atoms with E-state index in [1.165, 1.54) is 31.3 Å². The maximum Gasteiger partial charge on any atom is 0.219 e. The maximum atomic E-state index is 6.38. The fraction of sp³-hybridized carbons (Fsp3) is 0.722. The Kier molecular flexibility index (Phi) is 4.52. The number of thioether (sulfide) groups is 1. The molecule has 5 atom stereocenters. The average Bonchev–Trinajstić information content (AvgIpc) is 3.08. The number of ether oxygens (including phenoxy) is 1. The summed E-state index contributed by atoms with van der Waals surface area (Å²) in [5.41, 5.74) is 1.82. The highest BCUT2D eigenvalue weighted by Gasteiger charge is 2.51. The fourth-order valence-corrected chi connectivity index (χ4v) is 5.13. The monoisotopic (exact) mass is 322 g/mol. The highest BCUT2D eigenvalue weighted by Crippen LogP contribution is 2.55. The van der Waals surface area contributed by atoms with Crippen LogP contribution in [0.5, 0.6) is 0 Å².